The van der Waals surface area contributed by atoms with E-state index < -0.39 is 23.9 Å². The van der Waals surface area contributed by atoms with Crippen molar-refractivity contribution in [3.63, 3.8) is 0 Å². The second kappa shape index (κ2) is 13.3. The molecular weight excluding hydrogens is 560 g/mol. The van der Waals surface area contributed by atoms with E-state index in [0.29, 0.717) is 22.3 Å². The molecule has 0 heterocycles. The van der Waals surface area contributed by atoms with Gasteiger partial charge >= 0.3 is 23.9 Å². The van der Waals surface area contributed by atoms with Gasteiger partial charge in [0.2, 0.25) is 0 Å². The molecule has 0 saturated heterocycles. The molecular formula is C36H28O8. The maximum absolute atomic E-state index is 11.5. The molecule has 0 aromatic heterocycles. The van der Waals surface area contributed by atoms with Crippen LogP contribution < -0.4 is 0 Å². The Morgan fingerprint density at radius 2 is 0.500 bits per heavy atom. The van der Waals surface area contributed by atoms with Gasteiger partial charge in [-0.05, 0) is 105 Å². The van der Waals surface area contributed by atoms with Crippen molar-refractivity contribution in [2.75, 3.05) is 0 Å². The van der Waals surface area contributed by atoms with E-state index in [0.717, 1.165) is 22.3 Å². The Balaban J connectivity index is 0.00000216. The van der Waals surface area contributed by atoms with Crippen molar-refractivity contribution in [3.05, 3.63) is 131 Å². The van der Waals surface area contributed by atoms with Gasteiger partial charge in [0.25, 0.3) is 0 Å². The zero-order valence-corrected chi connectivity index (χ0v) is 23.8. The lowest BCUT2D eigenvalue weighted by Gasteiger charge is -2.19. The number of aromatic carboxylic acids is 4. The lowest BCUT2D eigenvalue weighted by molar-refractivity contribution is 0.0686. The summed E-state index contributed by atoms with van der Waals surface area (Å²) in [4.78, 5) is 45.9. The zero-order chi connectivity index (χ0) is 32.0. The Hall–Kier alpha value is -6.02. The van der Waals surface area contributed by atoms with Gasteiger partial charge in [0.15, 0.2) is 0 Å². The average Bonchev–Trinajstić information content (AvgIpc) is 3.05. The minimum Gasteiger partial charge on any atom is -0.478 e. The molecule has 0 spiro atoms. The summed E-state index contributed by atoms with van der Waals surface area (Å²) in [5.41, 5.74) is 6.16. The molecule has 220 valence electrons. The number of carboxylic acid groups (broad SMARTS) is 4. The Kier molecular flexibility index (Phi) is 9.35. The lowest BCUT2D eigenvalue weighted by atomic mass is 9.85. The number of hydrogen-bond acceptors (Lipinski definition) is 4. The summed E-state index contributed by atoms with van der Waals surface area (Å²) in [6, 6.07) is 29.3. The second-order valence-electron chi connectivity index (χ2n) is 9.47. The third kappa shape index (κ3) is 6.55. The van der Waals surface area contributed by atoms with Crippen LogP contribution in [0.15, 0.2) is 109 Å². The Labute approximate surface area is 253 Å². The number of hydrogen-bond donors (Lipinski definition) is 4. The minimum atomic E-state index is -1.06. The highest BCUT2D eigenvalue weighted by Crippen LogP contribution is 2.42. The summed E-state index contributed by atoms with van der Waals surface area (Å²) in [6.07, 6.45) is 0. The standard InChI is InChI=1S/C34H22O8.C2H6/c35-31(36)23-9-1-19(2-10-23)27-17-29(21-5-13-25(14-6-21)33(39)40)30(22-7-15-26(16-8-22)34(41)42)18-28(27)20-3-11-24(12-4-20)32(37)38;1-2/h1-18H,(H,35,36)(H,37,38)(H,39,40)(H,41,42);1-2H3. The number of rotatable bonds is 8. The zero-order valence-electron chi connectivity index (χ0n) is 23.8. The maximum atomic E-state index is 11.5. The highest BCUT2D eigenvalue weighted by atomic mass is 16.4. The van der Waals surface area contributed by atoms with Crippen LogP contribution in [0.4, 0.5) is 0 Å². The van der Waals surface area contributed by atoms with Crippen LogP contribution in [0, 0.1) is 0 Å². The van der Waals surface area contributed by atoms with E-state index in [9.17, 15) is 39.6 Å². The first kappa shape index (κ1) is 30.9. The molecule has 44 heavy (non-hydrogen) atoms. The van der Waals surface area contributed by atoms with Crippen molar-refractivity contribution in [3.8, 4) is 44.5 Å². The molecule has 0 bridgehead atoms. The molecule has 8 heteroatoms. The third-order valence-corrected chi connectivity index (χ3v) is 6.93. The van der Waals surface area contributed by atoms with E-state index in [1.165, 1.54) is 48.5 Å². The molecule has 0 saturated carbocycles. The fraction of sp³-hybridized carbons (Fsp3) is 0.0556. The van der Waals surface area contributed by atoms with Crippen LogP contribution in [-0.2, 0) is 0 Å². The lowest BCUT2D eigenvalue weighted by Crippen LogP contribution is -1.98. The molecule has 5 aromatic rings. The first-order chi connectivity index (χ1) is 21.1. The third-order valence-electron chi connectivity index (χ3n) is 6.93. The molecule has 5 aromatic carbocycles. The first-order valence-corrected chi connectivity index (χ1v) is 13.7. The normalized spacial score (nSPS) is 10.3. The Morgan fingerprint density at radius 1 is 0.341 bits per heavy atom. The van der Waals surface area contributed by atoms with Gasteiger partial charge in [-0.2, -0.15) is 0 Å². The fourth-order valence-corrected chi connectivity index (χ4v) is 4.72. The van der Waals surface area contributed by atoms with E-state index in [2.05, 4.69) is 0 Å². The maximum Gasteiger partial charge on any atom is 0.335 e. The van der Waals surface area contributed by atoms with Crippen molar-refractivity contribution >= 4 is 23.9 Å². The summed E-state index contributed by atoms with van der Waals surface area (Å²) in [5.74, 6) is -4.26. The largest absolute Gasteiger partial charge is 0.478 e. The van der Waals surface area contributed by atoms with Crippen LogP contribution in [0.25, 0.3) is 44.5 Å². The minimum absolute atomic E-state index is 0.116. The van der Waals surface area contributed by atoms with Crippen molar-refractivity contribution in [1.82, 2.24) is 0 Å². The van der Waals surface area contributed by atoms with Gasteiger partial charge in [0.05, 0.1) is 22.3 Å². The molecule has 8 nitrogen and oxygen atoms in total. The van der Waals surface area contributed by atoms with Crippen molar-refractivity contribution < 1.29 is 39.6 Å². The summed E-state index contributed by atoms with van der Waals surface area (Å²) in [6.45, 7) is 4.00. The fourth-order valence-electron chi connectivity index (χ4n) is 4.72. The quantitative estimate of drug-likeness (QED) is 0.142. The Bertz CT molecular complexity index is 1560. The van der Waals surface area contributed by atoms with Gasteiger partial charge in [0.1, 0.15) is 0 Å². The number of benzene rings is 5. The van der Waals surface area contributed by atoms with E-state index in [4.69, 9.17) is 0 Å². The number of carbonyl (C=O) groups is 4. The molecule has 5 rings (SSSR count). The SMILES string of the molecule is CC.O=C(O)c1ccc(-c2cc(-c3ccc(C(=O)O)cc3)c(-c3ccc(C(=O)O)cc3)cc2-c2ccc(C(=O)O)cc2)cc1. The monoisotopic (exact) mass is 588 g/mol. The molecule has 4 N–H and O–H groups in total. The molecule has 0 unspecified atom stereocenters. The van der Waals surface area contributed by atoms with Crippen LogP contribution in [-0.4, -0.2) is 44.3 Å². The summed E-state index contributed by atoms with van der Waals surface area (Å²) in [5, 5.41) is 37.6. The predicted molar refractivity (Wildman–Crippen MR) is 167 cm³/mol. The van der Waals surface area contributed by atoms with Crippen LogP contribution in [0.1, 0.15) is 55.3 Å². The summed E-state index contributed by atoms with van der Waals surface area (Å²) < 4.78 is 0. The summed E-state index contributed by atoms with van der Waals surface area (Å²) in [7, 11) is 0. The average molecular weight is 589 g/mol. The van der Waals surface area contributed by atoms with Gasteiger partial charge < -0.3 is 20.4 Å². The molecule has 0 radical (unpaired) electrons. The molecule has 0 amide bonds. The van der Waals surface area contributed by atoms with E-state index in [1.54, 1.807) is 48.5 Å². The highest BCUT2D eigenvalue weighted by molar-refractivity contribution is 5.98. The smallest absolute Gasteiger partial charge is 0.335 e. The van der Waals surface area contributed by atoms with Crippen LogP contribution >= 0.6 is 0 Å². The Morgan fingerprint density at radius 3 is 0.636 bits per heavy atom. The van der Waals surface area contributed by atoms with Gasteiger partial charge in [-0.25, -0.2) is 19.2 Å². The van der Waals surface area contributed by atoms with Gasteiger partial charge in [-0.1, -0.05) is 62.4 Å². The topological polar surface area (TPSA) is 149 Å². The first-order valence-electron chi connectivity index (χ1n) is 13.7. The van der Waals surface area contributed by atoms with Crippen LogP contribution in [0.3, 0.4) is 0 Å². The van der Waals surface area contributed by atoms with E-state index >= 15 is 0 Å². The molecule has 0 aliphatic carbocycles. The van der Waals surface area contributed by atoms with E-state index in [-0.39, 0.29) is 22.3 Å². The molecule has 0 fully saturated rings. The predicted octanol–water partition coefficient (Wildman–Crippen LogP) is 8.17. The number of carboxylic acids is 4. The van der Waals surface area contributed by atoms with Gasteiger partial charge in [0, 0.05) is 0 Å². The molecule has 0 aliphatic rings. The van der Waals surface area contributed by atoms with Gasteiger partial charge in [-0.15, -0.1) is 0 Å². The highest BCUT2D eigenvalue weighted by Gasteiger charge is 2.18. The van der Waals surface area contributed by atoms with E-state index in [1.807, 2.05) is 26.0 Å². The van der Waals surface area contributed by atoms with Crippen LogP contribution in [0.2, 0.25) is 0 Å². The molecule has 0 aliphatic heterocycles. The van der Waals surface area contributed by atoms with Gasteiger partial charge in [-0.3, -0.25) is 0 Å². The summed E-state index contributed by atoms with van der Waals surface area (Å²) >= 11 is 0. The second-order valence-corrected chi connectivity index (χ2v) is 9.47. The van der Waals surface area contributed by atoms with Crippen molar-refractivity contribution in [2.24, 2.45) is 0 Å². The van der Waals surface area contributed by atoms with Crippen molar-refractivity contribution in [1.29, 1.82) is 0 Å². The van der Waals surface area contributed by atoms with Crippen molar-refractivity contribution in [2.45, 2.75) is 13.8 Å². The molecule has 0 atom stereocenters. The van der Waals surface area contributed by atoms with Crippen LogP contribution in [0.5, 0.6) is 0 Å².